The molecule has 0 spiro atoms. The van der Waals surface area contributed by atoms with Gasteiger partial charge in [0.05, 0.1) is 44.4 Å². The highest BCUT2D eigenvalue weighted by molar-refractivity contribution is 6.08. The Balaban J connectivity index is 1.05. The van der Waals surface area contributed by atoms with Crippen LogP contribution in [0.1, 0.15) is 36.0 Å². The number of ketones is 1. The molecule has 4 heterocycles. The molecule has 1 atom stereocenters. The van der Waals surface area contributed by atoms with E-state index in [2.05, 4.69) is 9.88 Å². The molecule has 55 heavy (non-hydrogen) atoms. The first-order chi connectivity index (χ1) is 26.3. The molecule has 5 rings (SSSR count). The number of piperazine rings is 1. The van der Waals surface area contributed by atoms with E-state index < -0.39 is 42.8 Å². The molecule has 18 heteroatoms. The zero-order valence-corrected chi connectivity index (χ0v) is 30.8. The number of carbonyl (C=O) groups is 5. The lowest BCUT2D eigenvalue weighted by molar-refractivity contribution is -0.140. The molecule has 0 aliphatic carbocycles. The number of pyridine rings is 1. The fraction of sp³-hybridized carbons (Fsp3) is 0.595. The van der Waals surface area contributed by atoms with Crippen LogP contribution in [0.4, 0.5) is 8.78 Å². The normalized spacial score (nSPS) is 20.3. The molecule has 2 aromatic rings. The first-order valence-electron chi connectivity index (χ1n) is 18.5. The Hall–Kier alpha value is -4.83. The number of Topliss-reactive ketones (excluding diaryl/α,β-unsaturated/α-hetero) is 1. The van der Waals surface area contributed by atoms with E-state index in [1.807, 2.05) is 9.80 Å². The van der Waals surface area contributed by atoms with Gasteiger partial charge in [0, 0.05) is 108 Å². The van der Waals surface area contributed by atoms with Crippen LogP contribution in [0.5, 0.6) is 5.75 Å². The minimum absolute atomic E-state index is 0.0177. The van der Waals surface area contributed by atoms with Gasteiger partial charge < -0.3 is 24.7 Å². The van der Waals surface area contributed by atoms with Gasteiger partial charge in [-0.15, -0.1) is 0 Å². The predicted molar refractivity (Wildman–Crippen MR) is 194 cm³/mol. The van der Waals surface area contributed by atoms with Crippen LogP contribution in [0, 0.1) is 11.3 Å². The number of aromatic nitrogens is 1. The lowest BCUT2D eigenvalue weighted by Crippen LogP contribution is -2.52. The quantitative estimate of drug-likeness (QED) is 0.192. The molecule has 2 amide bonds. The number of likely N-dealkylation sites (tertiary alicyclic amines) is 1. The molecule has 3 aliphatic rings. The topological polar surface area (TPSA) is 191 Å². The zero-order valence-electron chi connectivity index (χ0n) is 30.8. The minimum atomic E-state index is -3.13. The monoisotopic (exact) mass is 770 g/mol. The number of aliphatic carboxylic acids is 2. The van der Waals surface area contributed by atoms with Gasteiger partial charge in [-0.3, -0.25) is 48.6 Å². The summed E-state index contributed by atoms with van der Waals surface area (Å²) in [5.41, 5.74) is 0.893. The Morgan fingerprint density at radius 3 is 2.02 bits per heavy atom. The van der Waals surface area contributed by atoms with Gasteiger partial charge in [0.25, 0.3) is 5.92 Å². The van der Waals surface area contributed by atoms with Crippen molar-refractivity contribution in [2.45, 2.75) is 37.6 Å². The SMILES string of the molecule is N#C[C@@H]1CC(F)(F)CN1C(=O)CCC(=O)c1ccnc2ccc(OCCCN3CCN(C(=O)CN4CCN(CC(=O)O)CCN(CC(=O)O)CC4)CC3)cc12. The number of fused-ring (bicyclic) bond motifs is 1. The van der Waals surface area contributed by atoms with Gasteiger partial charge in [0.15, 0.2) is 5.78 Å². The van der Waals surface area contributed by atoms with E-state index in [-0.39, 0.29) is 44.2 Å². The molecule has 0 saturated carbocycles. The Kier molecular flexibility index (Phi) is 14.4. The van der Waals surface area contributed by atoms with Crippen LogP contribution in [0.15, 0.2) is 30.5 Å². The average molecular weight is 771 g/mol. The summed E-state index contributed by atoms with van der Waals surface area (Å²) in [4.78, 5) is 76.5. The van der Waals surface area contributed by atoms with Crippen LogP contribution in [0.2, 0.25) is 0 Å². The number of nitrogens with zero attached hydrogens (tertiary/aromatic N) is 8. The third kappa shape index (κ3) is 12.1. The molecule has 0 bridgehead atoms. The number of hydrogen-bond donors (Lipinski definition) is 2. The van der Waals surface area contributed by atoms with Crippen LogP contribution in [-0.4, -0.2) is 191 Å². The number of alkyl halides is 2. The molecule has 3 fully saturated rings. The lowest BCUT2D eigenvalue weighted by atomic mass is 10.0. The maximum absolute atomic E-state index is 13.8. The molecular weight excluding hydrogens is 722 g/mol. The number of rotatable bonds is 15. The Bertz CT molecular complexity index is 1720. The highest BCUT2D eigenvalue weighted by atomic mass is 19.3. The second-order valence-electron chi connectivity index (χ2n) is 14.2. The van der Waals surface area contributed by atoms with Crippen LogP contribution < -0.4 is 4.74 Å². The minimum Gasteiger partial charge on any atom is -0.494 e. The van der Waals surface area contributed by atoms with Gasteiger partial charge in [-0.1, -0.05) is 0 Å². The van der Waals surface area contributed by atoms with Crippen molar-refractivity contribution in [1.82, 2.24) is 34.4 Å². The first kappa shape index (κ1) is 41.3. The summed E-state index contributed by atoms with van der Waals surface area (Å²) in [6.07, 6.45) is 0.987. The number of carbonyl (C=O) groups excluding carboxylic acids is 3. The van der Waals surface area contributed by atoms with Crippen molar-refractivity contribution in [3.63, 3.8) is 0 Å². The fourth-order valence-corrected chi connectivity index (χ4v) is 7.18. The number of benzene rings is 1. The summed E-state index contributed by atoms with van der Waals surface area (Å²) < 4.78 is 33.6. The molecule has 298 valence electrons. The smallest absolute Gasteiger partial charge is 0.317 e. The van der Waals surface area contributed by atoms with Gasteiger partial charge in [0.1, 0.15) is 11.8 Å². The van der Waals surface area contributed by atoms with E-state index in [1.165, 1.54) is 6.20 Å². The van der Waals surface area contributed by atoms with E-state index in [9.17, 15) is 48.2 Å². The third-order valence-electron chi connectivity index (χ3n) is 10.2. The summed E-state index contributed by atoms with van der Waals surface area (Å²) in [5.74, 6) is -5.53. The van der Waals surface area contributed by atoms with E-state index in [1.54, 1.807) is 40.1 Å². The fourth-order valence-electron chi connectivity index (χ4n) is 7.18. The van der Waals surface area contributed by atoms with E-state index in [0.29, 0.717) is 101 Å². The number of ether oxygens (including phenoxy) is 1. The largest absolute Gasteiger partial charge is 0.494 e. The molecule has 3 aliphatic heterocycles. The number of carboxylic acids is 2. The number of amides is 2. The third-order valence-corrected chi connectivity index (χ3v) is 10.2. The summed E-state index contributed by atoms with van der Waals surface area (Å²) in [6.45, 7) is 5.49. The second kappa shape index (κ2) is 19.2. The standard InChI is InChI=1S/C37H48F2N8O8/c38-37(39)21-27(22-40)47(26-37)33(49)5-4-32(48)29-6-7-41-31-3-2-28(20-30(29)31)55-19-1-8-42-15-17-46(18-16-42)34(50)23-43-9-11-44(24-35(51)52)13-14-45(12-10-43)25-36(53)54/h2-3,6-7,20,27H,1,4-5,8-19,21,23-26H2,(H,51,52)(H,53,54)/t27-/m0/s1. The maximum Gasteiger partial charge on any atom is 0.317 e. The van der Waals surface area contributed by atoms with Crippen molar-refractivity contribution in [1.29, 1.82) is 5.26 Å². The van der Waals surface area contributed by atoms with Gasteiger partial charge in [-0.25, -0.2) is 8.78 Å². The highest BCUT2D eigenvalue weighted by Gasteiger charge is 2.47. The van der Waals surface area contributed by atoms with E-state index >= 15 is 0 Å². The highest BCUT2D eigenvalue weighted by Crippen LogP contribution is 2.32. The van der Waals surface area contributed by atoms with Crippen LogP contribution in [-0.2, 0) is 19.2 Å². The van der Waals surface area contributed by atoms with Gasteiger partial charge in [0.2, 0.25) is 11.8 Å². The lowest BCUT2D eigenvalue weighted by Gasteiger charge is -2.36. The van der Waals surface area contributed by atoms with E-state index in [4.69, 9.17) is 4.74 Å². The van der Waals surface area contributed by atoms with Crippen molar-refractivity contribution in [2.24, 2.45) is 0 Å². The first-order valence-corrected chi connectivity index (χ1v) is 18.5. The van der Waals surface area contributed by atoms with Crippen molar-refractivity contribution in [3.05, 3.63) is 36.0 Å². The summed E-state index contributed by atoms with van der Waals surface area (Å²) in [7, 11) is 0. The molecule has 2 N–H and O–H groups in total. The molecule has 0 radical (unpaired) electrons. The summed E-state index contributed by atoms with van der Waals surface area (Å²) in [5, 5.41) is 28.3. The van der Waals surface area contributed by atoms with Crippen molar-refractivity contribution < 1.29 is 47.7 Å². The molecule has 3 saturated heterocycles. The average Bonchev–Trinajstić information content (AvgIpc) is 3.52. The Labute approximate surface area is 317 Å². The van der Waals surface area contributed by atoms with Crippen molar-refractivity contribution in [3.8, 4) is 11.8 Å². The molecule has 1 aromatic carbocycles. The number of hydrogen-bond acceptors (Lipinski definition) is 12. The van der Waals surface area contributed by atoms with E-state index in [0.717, 1.165) is 11.4 Å². The van der Waals surface area contributed by atoms with Crippen LogP contribution in [0.3, 0.4) is 0 Å². The summed E-state index contributed by atoms with van der Waals surface area (Å²) in [6, 6.07) is 7.29. The predicted octanol–water partition coefficient (Wildman–Crippen LogP) is 0.959. The number of halogens is 2. The molecule has 0 unspecified atom stereocenters. The molecular formula is C37H48F2N8O8. The van der Waals surface area contributed by atoms with Crippen LogP contribution >= 0.6 is 0 Å². The maximum atomic E-state index is 13.8. The number of carboxylic acid groups (broad SMARTS) is 2. The van der Waals surface area contributed by atoms with Gasteiger partial charge in [-0.05, 0) is 30.7 Å². The molecule has 16 nitrogen and oxygen atoms in total. The van der Waals surface area contributed by atoms with Crippen molar-refractivity contribution >= 4 is 40.4 Å². The molecule has 1 aromatic heterocycles. The van der Waals surface area contributed by atoms with Gasteiger partial charge >= 0.3 is 11.9 Å². The zero-order chi connectivity index (χ0) is 39.5. The second-order valence-corrected chi connectivity index (χ2v) is 14.2. The Morgan fingerprint density at radius 1 is 0.818 bits per heavy atom. The number of nitriles is 1. The van der Waals surface area contributed by atoms with Gasteiger partial charge in [-0.2, -0.15) is 5.26 Å². The Morgan fingerprint density at radius 2 is 1.42 bits per heavy atom. The van der Waals surface area contributed by atoms with Crippen LogP contribution in [0.25, 0.3) is 10.9 Å². The van der Waals surface area contributed by atoms with Crippen molar-refractivity contribution in [2.75, 3.05) is 105 Å². The summed E-state index contributed by atoms with van der Waals surface area (Å²) >= 11 is 0.